The molecule has 0 unspecified atom stereocenters. The van der Waals surface area contributed by atoms with Crippen molar-refractivity contribution < 1.29 is 16.8 Å². The lowest BCUT2D eigenvalue weighted by Gasteiger charge is -2.21. The lowest BCUT2D eigenvalue weighted by atomic mass is 10.1. The molecule has 3 aromatic rings. The third-order valence-corrected chi connectivity index (χ3v) is 8.61. The Balaban J connectivity index is 1.82. The third-order valence-electron chi connectivity index (χ3n) is 4.88. The lowest BCUT2D eigenvalue weighted by Crippen LogP contribution is -2.32. The Kier molecular flexibility index (Phi) is 7.07. The van der Waals surface area contributed by atoms with Gasteiger partial charge in [0.2, 0.25) is 19.9 Å². The normalized spacial score (nSPS) is 12.2. The number of rotatable bonds is 9. The minimum atomic E-state index is -3.80. The highest BCUT2D eigenvalue weighted by molar-refractivity contribution is 7.91. The lowest BCUT2D eigenvalue weighted by molar-refractivity contribution is 0.420. The Labute approximate surface area is 179 Å². The molecule has 0 heterocycles. The van der Waals surface area contributed by atoms with Gasteiger partial charge < -0.3 is 0 Å². The second-order valence-electron chi connectivity index (χ2n) is 6.88. The van der Waals surface area contributed by atoms with Crippen LogP contribution in [0.2, 0.25) is 0 Å². The summed E-state index contributed by atoms with van der Waals surface area (Å²) in [5, 5.41) is 0. The van der Waals surface area contributed by atoms with Gasteiger partial charge in [-0.05, 0) is 48.7 Å². The fraction of sp³-hybridized carbons (Fsp3) is 0.217. The molecule has 0 radical (unpaired) electrons. The summed E-state index contributed by atoms with van der Waals surface area (Å²) in [7, 11) is -7.59. The van der Waals surface area contributed by atoms with Crippen LogP contribution < -0.4 is 0 Å². The van der Waals surface area contributed by atoms with Gasteiger partial charge in [0, 0.05) is 13.1 Å². The first-order valence-electron chi connectivity index (χ1n) is 9.80. The first-order chi connectivity index (χ1) is 14.4. The number of hydrogen-bond donors (Lipinski definition) is 0. The molecule has 0 atom stereocenters. The van der Waals surface area contributed by atoms with Crippen molar-refractivity contribution in [3.63, 3.8) is 0 Å². The summed E-state index contributed by atoms with van der Waals surface area (Å²) in [6.45, 7) is 2.46. The van der Waals surface area contributed by atoms with Crippen LogP contribution in [0.4, 0.5) is 0 Å². The van der Waals surface area contributed by atoms with Crippen LogP contribution in [0.25, 0.3) is 0 Å². The fourth-order valence-corrected chi connectivity index (χ4v) is 6.18. The van der Waals surface area contributed by atoms with E-state index < -0.39 is 19.9 Å². The number of nitrogens with zero attached hydrogens (tertiary/aromatic N) is 1. The first-order valence-corrected chi connectivity index (χ1v) is 12.7. The number of sulfone groups is 1. The highest BCUT2D eigenvalue weighted by Gasteiger charge is 2.25. The van der Waals surface area contributed by atoms with Gasteiger partial charge in [0.25, 0.3) is 0 Å². The smallest absolute Gasteiger partial charge is 0.219 e. The van der Waals surface area contributed by atoms with Crippen molar-refractivity contribution in [2.45, 2.75) is 34.5 Å². The predicted octanol–water partition coefficient (Wildman–Crippen LogP) is 4.16. The van der Waals surface area contributed by atoms with E-state index in [1.165, 1.54) is 40.7 Å². The largest absolute Gasteiger partial charge is 0.243 e. The summed E-state index contributed by atoms with van der Waals surface area (Å²) >= 11 is 0. The molecule has 158 valence electrons. The summed E-state index contributed by atoms with van der Waals surface area (Å²) < 4.78 is 53.4. The Morgan fingerprint density at radius 3 is 1.90 bits per heavy atom. The van der Waals surface area contributed by atoms with E-state index in [0.29, 0.717) is 19.5 Å². The van der Waals surface area contributed by atoms with Crippen LogP contribution >= 0.6 is 0 Å². The molecule has 0 N–H and O–H groups in total. The van der Waals surface area contributed by atoms with Crippen molar-refractivity contribution in [1.82, 2.24) is 4.31 Å². The third kappa shape index (κ3) is 4.98. The predicted molar refractivity (Wildman–Crippen MR) is 118 cm³/mol. The molecule has 0 aromatic heterocycles. The second kappa shape index (κ2) is 9.55. The Hall–Kier alpha value is -2.48. The quantitative estimate of drug-likeness (QED) is 0.498. The van der Waals surface area contributed by atoms with Crippen LogP contribution in [0.3, 0.4) is 0 Å². The van der Waals surface area contributed by atoms with E-state index >= 15 is 0 Å². The van der Waals surface area contributed by atoms with Crippen LogP contribution in [0, 0.1) is 0 Å². The molecule has 0 amide bonds. The fourth-order valence-electron chi connectivity index (χ4n) is 3.24. The standard InChI is InChI=1S/C23H25NO4S2/c1-2-24(18-10-13-20-11-5-3-6-12-20)30(27,28)23-17-9-16-22(19-23)29(25,26)21-14-7-4-8-15-21/h3-9,11-12,14-17,19H,2,10,13,18H2,1H3. The summed E-state index contributed by atoms with van der Waals surface area (Å²) in [5.41, 5.74) is 1.15. The highest BCUT2D eigenvalue weighted by atomic mass is 32.2. The van der Waals surface area contributed by atoms with Gasteiger partial charge in [-0.3, -0.25) is 0 Å². The molecule has 0 aliphatic carbocycles. The number of benzene rings is 3. The topological polar surface area (TPSA) is 71.5 Å². The SMILES string of the molecule is CCN(CCCc1ccccc1)S(=O)(=O)c1cccc(S(=O)(=O)c2ccccc2)c1. The van der Waals surface area contributed by atoms with E-state index in [-0.39, 0.29) is 14.7 Å². The molecule has 3 rings (SSSR count). The summed E-state index contributed by atoms with van der Waals surface area (Å²) in [4.78, 5) is 0.0888. The molecule has 30 heavy (non-hydrogen) atoms. The maximum absolute atomic E-state index is 13.2. The van der Waals surface area contributed by atoms with E-state index in [1.807, 2.05) is 30.3 Å². The van der Waals surface area contributed by atoms with Gasteiger partial charge in [-0.1, -0.05) is 61.5 Å². The van der Waals surface area contributed by atoms with Crippen molar-refractivity contribution in [3.05, 3.63) is 90.5 Å². The number of hydrogen-bond acceptors (Lipinski definition) is 4. The summed E-state index contributed by atoms with van der Waals surface area (Å²) in [6, 6.07) is 23.5. The van der Waals surface area contributed by atoms with E-state index in [9.17, 15) is 16.8 Å². The highest BCUT2D eigenvalue weighted by Crippen LogP contribution is 2.25. The van der Waals surface area contributed by atoms with Crippen molar-refractivity contribution in [2.24, 2.45) is 0 Å². The average Bonchev–Trinajstić information content (AvgIpc) is 2.78. The van der Waals surface area contributed by atoms with Gasteiger partial charge in [-0.2, -0.15) is 4.31 Å². The summed E-state index contributed by atoms with van der Waals surface area (Å²) in [6.07, 6.45) is 1.45. The first kappa shape index (κ1) is 22.2. The van der Waals surface area contributed by atoms with Crippen LogP contribution in [0.1, 0.15) is 18.9 Å². The molecule has 3 aromatic carbocycles. The molecule has 0 spiro atoms. The monoisotopic (exact) mass is 443 g/mol. The van der Waals surface area contributed by atoms with Crippen molar-refractivity contribution in [2.75, 3.05) is 13.1 Å². The maximum atomic E-state index is 13.2. The molecule has 0 aliphatic rings. The van der Waals surface area contributed by atoms with Gasteiger partial charge in [0.05, 0.1) is 14.7 Å². The number of aryl methyl sites for hydroxylation is 1. The Morgan fingerprint density at radius 2 is 1.27 bits per heavy atom. The van der Waals surface area contributed by atoms with Gasteiger partial charge in [0.15, 0.2) is 0 Å². The zero-order valence-corrected chi connectivity index (χ0v) is 18.4. The minimum Gasteiger partial charge on any atom is -0.219 e. The van der Waals surface area contributed by atoms with Gasteiger partial charge in [-0.15, -0.1) is 0 Å². The van der Waals surface area contributed by atoms with Crippen molar-refractivity contribution in [1.29, 1.82) is 0 Å². The van der Waals surface area contributed by atoms with E-state index in [0.717, 1.165) is 12.0 Å². The van der Waals surface area contributed by atoms with Crippen molar-refractivity contribution >= 4 is 19.9 Å². The van der Waals surface area contributed by atoms with E-state index in [4.69, 9.17) is 0 Å². The van der Waals surface area contributed by atoms with Crippen LogP contribution in [-0.2, 0) is 26.3 Å². The molecule has 0 aliphatic heterocycles. The Morgan fingerprint density at radius 1 is 0.700 bits per heavy atom. The zero-order valence-electron chi connectivity index (χ0n) is 16.8. The molecule has 7 heteroatoms. The zero-order chi connectivity index (χ0) is 21.6. The molecule has 0 saturated heterocycles. The van der Waals surface area contributed by atoms with Crippen LogP contribution in [-0.4, -0.2) is 34.2 Å². The second-order valence-corrected chi connectivity index (χ2v) is 10.8. The molecule has 0 saturated carbocycles. The number of sulfonamides is 1. The average molecular weight is 444 g/mol. The van der Waals surface area contributed by atoms with E-state index in [2.05, 4.69) is 0 Å². The molecule has 0 bridgehead atoms. The van der Waals surface area contributed by atoms with Crippen molar-refractivity contribution in [3.8, 4) is 0 Å². The molecule has 5 nitrogen and oxygen atoms in total. The Bertz CT molecular complexity index is 1180. The summed E-state index contributed by atoms with van der Waals surface area (Å²) in [5.74, 6) is 0. The van der Waals surface area contributed by atoms with Gasteiger partial charge in [-0.25, -0.2) is 16.8 Å². The minimum absolute atomic E-state index is 0.0129. The van der Waals surface area contributed by atoms with Gasteiger partial charge >= 0.3 is 0 Å². The molecular formula is C23H25NO4S2. The van der Waals surface area contributed by atoms with Crippen LogP contribution in [0.5, 0.6) is 0 Å². The van der Waals surface area contributed by atoms with Gasteiger partial charge in [0.1, 0.15) is 0 Å². The van der Waals surface area contributed by atoms with Crippen LogP contribution in [0.15, 0.2) is 99.6 Å². The van der Waals surface area contributed by atoms with E-state index in [1.54, 1.807) is 25.1 Å². The maximum Gasteiger partial charge on any atom is 0.243 e. The molecule has 0 fully saturated rings. The molecular weight excluding hydrogens is 418 g/mol.